The highest BCUT2D eigenvalue weighted by Gasteiger charge is 2.30. The molecule has 1 saturated heterocycles. The summed E-state index contributed by atoms with van der Waals surface area (Å²) in [6, 6.07) is 1.000. The number of sulfonamides is 1. The molecule has 0 amide bonds. The van der Waals surface area contributed by atoms with Gasteiger partial charge in [0.25, 0.3) is 0 Å². The highest BCUT2D eigenvalue weighted by atomic mass is 79.9. The average molecular weight is 382 g/mol. The summed E-state index contributed by atoms with van der Waals surface area (Å²) in [5.74, 6) is -1.75. The van der Waals surface area contributed by atoms with Crippen molar-refractivity contribution in [3.63, 3.8) is 0 Å². The summed E-state index contributed by atoms with van der Waals surface area (Å²) in [4.78, 5) is 10.6. The predicted molar refractivity (Wildman–Crippen MR) is 76.8 cm³/mol. The Morgan fingerprint density at radius 3 is 2.76 bits per heavy atom. The van der Waals surface area contributed by atoms with E-state index in [1.165, 1.54) is 7.05 Å². The minimum atomic E-state index is -3.83. The van der Waals surface area contributed by atoms with Gasteiger partial charge in [-0.25, -0.2) is 13.2 Å². The van der Waals surface area contributed by atoms with Crippen molar-refractivity contribution in [3.8, 4) is 0 Å². The molecule has 1 aromatic rings. The van der Waals surface area contributed by atoms with Crippen molar-refractivity contribution in [2.75, 3.05) is 20.2 Å². The van der Waals surface area contributed by atoms with Gasteiger partial charge in [0, 0.05) is 26.3 Å². The first-order chi connectivity index (χ1) is 9.82. The van der Waals surface area contributed by atoms with Crippen LogP contribution in [0.15, 0.2) is 20.0 Å². The van der Waals surface area contributed by atoms with Gasteiger partial charge in [0.05, 0.1) is 6.10 Å². The standard InChI is InChI=1S/C12H16BrNO6S/c1-14(7-8-4-2-3-5-19-8)21(17,18)10-6-9(12(15)16)20-11(10)13/h6,8H,2-5,7H2,1H3,(H,15,16). The van der Waals surface area contributed by atoms with Gasteiger partial charge in [-0.1, -0.05) is 0 Å². The maximum absolute atomic E-state index is 12.5. The first-order valence-corrected chi connectivity index (χ1v) is 8.66. The first kappa shape index (κ1) is 16.5. The zero-order valence-electron chi connectivity index (χ0n) is 11.4. The Balaban J connectivity index is 2.18. The smallest absolute Gasteiger partial charge is 0.371 e. The van der Waals surface area contributed by atoms with Crippen molar-refractivity contribution in [3.05, 3.63) is 16.5 Å². The maximum atomic E-state index is 12.5. The van der Waals surface area contributed by atoms with Gasteiger partial charge in [-0.3, -0.25) is 0 Å². The molecule has 21 heavy (non-hydrogen) atoms. The summed E-state index contributed by atoms with van der Waals surface area (Å²) in [5.41, 5.74) is 0. The normalized spacial score (nSPS) is 19.9. The topological polar surface area (TPSA) is 97.0 Å². The monoisotopic (exact) mass is 381 g/mol. The van der Waals surface area contributed by atoms with Crippen LogP contribution < -0.4 is 0 Å². The number of aromatic carboxylic acids is 1. The summed E-state index contributed by atoms with van der Waals surface area (Å²) in [7, 11) is -2.39. The van der Waals surface area contributed by atoms with Crippen LogP contribution in [0.4, 0.5) is 0 Å². The van der Waals surface area contributed by atoms with E-state index < -0.39 is 21.8 Å². The van der Waals surface area contributed by atoms with Crippen LogP contribution in [0, 0.1) is 0 Å². The second kappa shape index (κ2) is 6.47. The number of halogens is 1. The van der Waals surface area contributed by atoms with Gasteiger partial charge in [-0.05, 0) is 35.2 Å². The summed E-state index contributed by atoms with van der Waals surface area (Å²) >= 11 is 2.95. The number of nitrogens with zero attached hydrogens (tertiary/aromatic N) is 1. The van der Waals surface area contributed by atoms with E-state index in [-0.39, 0.29) is 22.2 Å². The summed E-state index contributed by atoms with van der Waals surface area (Å²) in [6.45, 7) is 0.861. The molecule has 1 aromatic heterocycles. The zero-order valence-corrected chi connectivity index (χ0v) is 13.8. The fraction of sp³-hybridized carbons (Fsp3) is 0.583. The molecule has 0 radical (unpaired) electrons. The van der Waals surface area contributed by atoms with Gasteiger partial charge >= 0.3 is 5.97 Å². The quantitative estimate of drug-likeness (QED) is 0.836. The van der Waals surface area contributed by atoms with Crippen LogP contribution in [-0.4, -0.2) is 50.1 Å². The molecule has 7 nitrogen and oxygen atoms in total. The van der Waals surface area contributed by atoms with Crippen LogP contribution in [0.5, 0.6) is 0 Å². The van der Waals surface area contributed by atoms with Crippen molar-refractivity contribution < 1.29 is 27.5 Å². The van der Waals surface area contributed by atoms with Crippen molar-refractivity contribution in [1.29, 1.82) is 0 Å². The largest absolute Gasteiger partial charge is 0.475 e. The van der Waals surface area contributed by atoms with Crippen LogP contribution in [-0.2, 0) is 14.8 Å². The molecule has 0 aromatic carbocycles. The second-order valence-electron chi connectivity index (χ2n) is 4.83. The third-order valence-corrected chi connectivity index (χ3v) is 5.97. The Morgan fingerprint density at radius 1 is 1.52 bits per heavy atom. The molecule has 1 aliphatic rings. The van der Waals surface area contributed by atoms with E-state index in [1.54, 1.807) is 0 Å². The lowest BCUT2D eigenvalue weighted by molar-refractivity contribution is 0.00857. The number of hydrogen-bond acceptors (Lipinski definition) is 5. The van der Waals surface area contributed by atoms with Crippen molar-refractivity contribution in [1.82, 2.24) is 4.31 Å². The van der Waals surface area contributed by atoms with Crippen LogP contribution in [0.1, 0.15) is 29.8 Å². The number of ether oxygens (including phenoxy) is 1. The Kier molecular flexibility index (Phi) is 5.07. The molecule has 1 unspecified atom stereocenters. The fourth-order valence-corrected chi connectivity index (χ4v) is 4.24. The third-order valence-electron chi connectivity index (χ3n) is 3.29. The number of hydrogen-bond donors (Lipinski definition) is 1. The van der Waals surface area contributed by atoms with Gasteiger partial charge in [0.1, 0.15) is 4.90 Å². The third kappa shape index (κ3) is 3.65. The lowest BCUT2D eigenvalue weighted by atomic mass is 10.1. The molecule has 1 atom stereocenters. The highest BCUT2D eigenvalue weighted by molar-refractivity contribution is 9.10. The molecular formula is C12H16BrNO6S. The van der Waals surface area contributed by atoms with E-state index in [4.69, 9.17) is 14.3 Å². The minimum Gasteiger partial charge on any atom is -0.475 e. The van der Waals surface area contributed by atoms with Crippen molar-refractivity contribution in [2.24, 2.45) is 0 Å². The van der Waals surface area contributed by atoms with Gasteiger partial charge in [0.2, 0.25) is 15.8 Å². The van der Waals surface area contributed by atoms with E-state index in [9.17, 15) is 13.2 Å². The minimum absolute atomic E-state index is 0.115. The summed E-state index contributed by atoms with van der Waals surface area (Å²) in [6.07, 6.45) is 2.68. The van der Waals surface area contributed by atoms with Gasteiger partial charge in [-0.2, -0.15) is 4.31 Å². The molecular weight excluding hydrogens is 366 g/mol. The number of carboxylic acids is 1. The molecule has 2 heterocycles. The molecule has 0 saturated carbocycles. The number of rotatable bonds is 5. The average Bonchev–Trinajstić information content (AvgIpc) is 2.83. The fourth-order valence-electron chi connectivity index (χ4n) is 2.14. The molecule has 1 N–H and O–H groups in total. The van der Waals surface area contributed by atoms with E-state index in [0.29, 0.717) is 6.61 Å². The zero-order chi connectivity index (χ0) is 15.6. The molecule has 0 spiro atoms. The van der Waals surface area contributed by atoms with Crippen molar-refractivity contribution in [2.45, 2.75) is 30.3 Å². The van der Waals surface area contributed by atoms with Crippen LogP contribution in [0.3, 0.4) is 0 Å². The van der Waals surface area contributed by atoms with Crippen molar-refractivity contribution >= 4 is 31.9 Å². The number of carboxylic acid groups (broad SMARTS) is 1. The predicted octanol–water partition coefficient (Wildman–Crippen LogP) is 1.93. The second-order valence-corrected chi connectivity index (χ2v) is 7.56. The van der Waals surface area contributed by atoms with E-state index in [1.807, 2.05) is 0 Å². The SMILES string of the molecule is CN(CC1CCCCO1)S(=O)(=O)c1cc(C(=O)O)oc1Br. The first-order valence-electron chi connectivity index (χ1n) is 6.43. The molecule has 0 aliphatic carbocycles. The van der Waals surface area contributed by atoms with E-state index in [2.05, 4.69) is 15.9 Å². The van der Waals surface area contributed by atoms with Crippen LogP contribution in [0.2, 0.25) is 0 Å². The Labute approximate surface area is 131 Å². The highest BCUT2D eigenvalue weighted by Crippen LogP contribution is 2.29. The molecule has 2 rings (SSSR count). The molecule has 0 bridgehead atoms. The van der Waals surface area contributed by atoms with Gasteiger partial charge in [0.15, 0.2) is 4.67 Å². The maximum Gasteiger partial charge on any atom is 0.371 e. The molecule has 1 fully saturated rings. The Morgan fingerprint density at radius 2 is 2.24 bits per heavy atom. The van der Waals surface area contributed by atoms with E-state index in [0.717, 1.165) is 29.6 Å². The molecule has 1 aliphatic heterocycles. The van der Waals surface area contributed by atoms with Crippen LogP contribution in [0.25, 0.3) is 0 Å². The number of carbonyl (C=O) groups is 1. The van der Waals surface area contributed by atoms with Crippen LogP contribution >= 0.6 is 15.9 Å². The van der Waals surface area contributed by atoms with Gasteiger partial charge in [-0.15, -0.1) is 0 Å². The lowest BCUT2D eigenvalue weighted by Gasteiger charge is -2.26. The Bertz CT molecular complexity index is 620. The molecule has 118 valence electrons. The number of likely N-dealkylation sites (N-methyl/N-ethyl adjacent to an activating group) is 1. The summed E-state index contributed by atoms with van der Waals surface area (Å²) < 4.78 is 36.3. The summed E-state index contributed by atoms with van der Waals surface area (Å²) in [5, 5.41) is 8.84. The van der Waals surface area contributed by atoms with E-state index >= 15 is 0 Å². The number of furan rings is 1. The molecule has 9 heteroatoms. The van der Waals surface area contributed by atoms with Gasteiger partial charge < -0.3 is 14.3 Å². The Hall–Kier alpha value is -0.900. The lowest BCUT2D eigenvalue weighted by Crippen LogP contribution is -2.37.